The lowest BCUT2D eigenvalue weighted by atomic mass is 9.91. The molecule has 0 saturated carbocycles. The number of hydrogen-bond donors (Lipinski definition) is 0. The van der Waals surface area contributed by atoms with E-state index in [0.29, 0.717) is 17.5 Å². The molecule has 0 N–H and O–H groups in total. The summed E-state index contributed by atoms with van der Waals surface area (Å²) < 4.78 is 13.1. The molecule has 3 heteroatoms. The lowest BCUT2D eigenvalue weighted by Gasteiger charge is -2.20. The first-order valence-corrected chi connectivity index (χ1v) is 6.12. The van der Waals surface area contributed by atoms with Crippen molar-refractivity contribution in [1.82, 2.24) is 9.88 Å². The molecule has 2 unspecified atom stereocenters. The Bertz CT molecular complexity index is 405. The first-order chi connectivity index (χ1) is 7.75. The maximum absolute atomic E-state index is 13.1. The molecule has 86 valence electrons. The van der Waals surface area contributed by atoms with Gasteiger partial charge in [0, 0.05) is 23.7 Å². The fourth-order valence-corrected chi connectivity index (χ4v) is 3.25. The Morgan fingerprint density at radius 1 is 1.38 bits per heavy atom. The van der Waals surface area contributed by atoms with Crippen LogP contribution in [0.4, 0.5) is 4.39 Å². The standard InChI is InChI=1S/C13H17FN2/c1-9-7-10(8-15-13(9)14)11-4-6-16-5-2-3-12(11)16/h7-8,11-12H,2-6H2,1H3. The average molecular weight is 220 g/mol. The second-order valence-corrected chi connectivity index (χ2v) is 5.02. The first-order valence-electron chi connectivity index (χ1n) is 6.12. The molecule has 2 nitrogen and oxygen atoms in total. The third kappa shape index (κ3) is 1.54. The number of aromatic nitrogens is 1. The van der Waals surface area contributed by atoms with Gasteiger partial charge in [0.05, 0.1) is 0 Å². The second kappa shape index (κ2) is 3.81. The highest BCUT2D eigenvalue weighted by molar-refractivity contribution is 5.25. The number of fused-ring (bicyclic) bond motifs is 1. The van der Waals surface area contributed by atoms with Gasteiger partial charge in [-0.25, -0.2) is 4.98 Å². The molecule has 0 bridgehead atoms. The van der Waals surface area contributed by atoms with Crippen molar-refractivity contribution in [3.63, 3.8) is 0 Å². The van der Waals surface area contributed by atoms with Crippen LogP contribution in [0.25, 0.3) is 0 Å². The molecule has 3 heterocycles. The zero-order chi connectivity index (χ0) is 11.1. The minimum Gasteiger partial charge on any atom is -0.300 e. The second-order valence-electron chi connectivity index (χ2n) is 5.02. The van der Waals surface area contributed by atoms with Gasteiger partial charge < -0.3 is 0 Å². The van der Waals surface area contributed by atoms with E-state index in [1.807, 2.05) is 6.07 Å². The fraction of sp³-hybridized carbons (Fsp3) is 0.615. The molecule has 2 atom stereocenters. The molecule has 0 aromatic carbocycles. The quantitative estimate of drug-likeness (QED) is 0.676. The van der Waals surface area contributed by atoms with Crippen LogP contribution in [0.1, 0.15) is 36.3 Å². The number of aryl methyl sites for hydroxylation is 1. The van der Waals surface area contributed by atoms with E-state index in [1.54, 1.807) is 13.1 Å². The van der Waals surface area contributed by atoms with Crippen LogP contribution in [-0.4, -0.2) is 29.0 Å². The van der Waals surface area contributed by atoms with Crippen LogP contribution in [-0.2, 0) is 0 Å². The summed E-state index contributed by atoms with van der Waals surface area (Å²) in [6.07, 6.45) is 5.54. The van der Waals surface area contributed by atoms with Crippen LogP contribution in [0.5, 0.6) is 0 Å². The van der Waals surface area contributed by atoms with Crippen molar-refractivity contribution >= 4 is 0 Å². The summed E-state index contributed by atoms with van der Waals surface area (Å²) in [5, 5.41) is 0. The summed E-state index contributed by atoms with van der Waals surface area (Å²) in [6, 6.07) is 2.67. The zero-order valence-electron chi connectivity index (χ0n) is 9.62. The van der Waals surface area contributed by atoms with Crippen molar-refractivity contribution in [3.05, 3.63) is 29.3 Å². The number of halogens is 1. The van der Waals surface area contributed by atoms with Gasteiger partial charge in [-0.15, -0.1) is 0 Å². The van der Waals surface area contributed by atoms with Crippen LogP contribution < -0.4 is 0 Å². The van der Waals surface area contributed by atoms with E-state index in [2.05, 4.69) is 9.88 Å². The van der Waals surface area contributed by atoms with Crippen LogP contribution in [0, 0.1) is 12.9 Å². The molecule has 3 rings (SSSR count). The van der Waals surface area contributed by atoms with Gasteiger partial charge in [0.15, 0.2) is 0 Å². The van der Waals surface area contributed by atoms with Crippen molar-refractivity contribution in [2.45, 2.75) is 38.1 Å². The van der Waals surface area contributed by atoms with Crippen LogP contribution >= 0.6 is 0 Å². The minimum absolute atomic E-state index is 0.329. The van der Waals surface area contributed by atoms with Crippen LogP contribution in [0.2, 0.25) is 0 Å². The van der Waals surface area contributed by atoms with E-state index in [0.717, 1.165) is 0 Å². The summed E-state index contributed by atoms with van der Waals surface area (Å²) in [5.41, 5.74) is 1.90. The van der Waals surface area contributed by atoms with Gasteiger partial charge in [-0.3, -0.25) is 4.90 Å². The van der Waals surface area contributed by atoms with Gasteiger partial charge in [-0.05, 0) is 50.9 Å². The zero-order valence-corrected chi connectivity index (χ0v) is 9.62. The van der Waals surface area contributed by atoms with E-state index < -0.39 is 0 Å². The molecule has 2 saturated heterocycles. The molecule has 2 aliphatic rings. The maximum atomic E-state index is 13.1. The Labute approximate surface area is 95.5 Å². The van der Waals surface area contributed by atoms with E-state index in [1.165, 1.54) is 37.9 Å². The normalized spacial score (nSPS) is 29.6. The van der Waals surface area contributed by atoms with Gasteiger partial charge in [0.2, 0.25) is 5.95 Å². The molecule has 0 aliphatic carbocycles. The van der Waals surface area contributed by atoms with Gasteiger partial charge in [-0.2, -0.15) is 4.39 Å². The predicted molar refractivity (Wildman–Crippen MR) is 60.9 cm³/mol. The maximum Gasteiger partial charge on any atom is 0.215 e. The molecule has 0 spiro atoms. The Hall–Kier alpha value is -0.960. The molecule has 0 radical (unpaired) electrons. The van der Waals surface area contributed by atoms with Crippen molar-refractivity contribution in [2.24, 2.45) is 0 Å². The van der Waals surface area contributed by atoms with Crippen molar-refractivity contribution < 1.29 is 4.39 Å². The molecule has 16 heavy (non-hydrogen) atoms. The van der Waals surface area contributed by atoms with Gasteiger partial charge >= 0.3 is 0 Å². The summed E-state index contributed by atoms with van der Waals surface area (Å²) in [4.78, 5) is 6.43. The van der Waals surface area contributed by atoms with Crippen LogP contribution in [0.15, 0.2) is 12.3 Å². The Balaban J connectivity index is 1.89. The van der Waals surface area contributed by atoms with Crippen molar-refractivity contribution in [1.29, 1.82) is 0 Å². The van der Waals surface area contributed by atoms with E-state index in [4.69, 9.17) is 0 Å². The summed E-state index contributed by atoms with van der Waals surface area (Å²) in [6.45, 7) is 4.24. The highest BCUT2D eigenvalue weighted by Crippen LogP contribution is 2.39. The summed E-state index contributed by atoms with van der Waals surface area (Å²) in [5.74, 6) is 0.249. The molecule has 1 aromatic heterocycles. The van der Waals surface area contributed by atoms with Gasteiger partial charge in [-0.1, -0.05) is 0 Å². The average Bonchev–Trinajstić information content (AvgIpc) is 2.83. The summed E-state index contributed by atoms with van der Waals surface area (Å²) >= 11 is 0. The number of hydrogen-bond acceptors (Lipinski definition) is 2. The SMILES string of the molecule is Cc1cc(C2CCN3CCCC23)cnc1F. The van der Waals surface area contributed by atoms with Crippen LogP contribution in [0.3, 0.4) is 0 Å². The third-order valence-electron chi connectivity index (χ3n) is 4.07. The van der Waals surface area contributed by atoms with E-state index in [-0.39, 0.29) is 5.95 Å². The Kier molecular flexibility index (Phi) is 2.43. The van der Waals surface area contributed by atoms with E-state index in [9.17, 15) is 4.39 Å². The topological polar surface area (TPSA) is 16.1 Å². The van der Waals surface area contributed by atoms with E-state index >= 15 is 0 Å². The highest BCUT2D eigenvalue weighted by Gasteiger charge is 2.37. The Morgan fingerprint density at radius 3 is 3.06 bits per heavy atom. The highest BCUT2D eigenvalue weighted by atomic mass is 19.1. The number of rotatable bonds is 1. The summed E-state index contributed by atoms with van der Waals surface area (Å²) in [7, 11) is 0. The fourth-order valence-electron chi connectivity index (χ4n) is 3.25. The smallest absolute Gasteiger partial charge is 0.215 e. The minimum atomic E-state index is -0.329. The first kappa shape index (κ1) is 10.2. The van der Waals surface area contributed by atoms with Crippen molar-refractivity contribution in [3.8, 4) is 0 Å². The Morgan fingerprint density at radius 2 is 2.25 bits per heavy atom. The van der Waals surface area contributed by atoms with Gasteiger partial charge in [0.25, 0.3) is 0 Å². The third-order valence-corrected chi connectivity index (χ3v) is 4.07. The molecular weight excluding hydrogens is 203 g/mol. The molecule has 2 fully saturated rings. The predicted octanol–water partition coefficient (Wildman–Crippen LogP) is 2.48. The number of nitrogens with zero attached hydrogens (tertiary/aromatic N) is 2. The monoisotopic (exact) mass is 220 g/mol. The largest absolute Gasteiger partial charge is 0.300 e. The molecule has 0 amide bonds. The molecule has 2 aliphatic heterocycles. The number of pyridine rings is 1. The lowest BCUT2D eigenvalue weighted by molar-refractivity contribution is 0.313. The van der Waals surface area contributed by atoms with Crippen molar-refractivity contribution in [2.75, 3.05) is 13.1 Å². The lowest BCUT2D eigenvalue weighted by Crippen LogP contribution is -2.25. The van der Waals surface area contributed by atoms with Gasteiger partial charge in [0.1, 0.15) is 0 Å². The molecular formula is C13H17FN2. The molecule has 1 aromatic rings.